The SMILES string of the molecule is CCCCCCCCCCCCCCCCCCN(C)CN1C(=O)C(C2CCCCCCCCCCC2)N(CN(C)CCCCCCCCCCCCCCCCCC)C1=O. The van der Waals surface area contributed by atoms with Crippen LogP contribution in [0.4, 0.5) is 4.79 Å². The second-order valence-corrected chi connectivity index (χ2v) is 20.5. The molecule has 2 aliphatic rings. The maximum absolute atomic E-state index is 14.4. The van der Waals surface area contributed by atoms with Crippen molar-refractivity contribution < 1.29 is 9.59 Å². The Hall–Kier alpha value is -1.14. The van der Waals surface area contributed by atoms with Crippen LogP contribution in [0.1, 0.15) is 290 Å². The maximum Gasteiger partial charge on any atom is 0.329 e. The molecular formula is C55H108N4O2. The van der Waals surface area contributed by atoms with Gasteiger partial charge >= 0.3 is 6.03 Å². The summed E-state index contributed by atoms with van der Waals surface area (Å²) in [5, 5.41) is 0. The van der Waals surface area contributed by atoms with Gasteiger partial charge in [0, 0.05) is 0 Å². The van der Waals surface area contributed by atoms with Crippen LogP contribution in [-0.2, 0) is 4.79 Å². The van der Waals surface area contributed by atoms with Crippen LogP contribution in [0.2, 0.25) is 0 Å². The van der Waals surface area contributed by atoms with E-state index in [0.717, 1.165) is 32.4 Å². The van der Waals surface area contributed by atoms with Crippen LogP contribution in [0.5, 0.6) is 0 Å². The summed E-state index contributed by atoms with van der Waals surface area (Å²) in [5.41, 5.74) is 0. The van der Waals surface area contributed by atoms with E-state index in [1.165, 1.54) is 257 Å². The number of nitrogens with zero attached hydrogens (tertiary/aromatic N) is 4. The first-order chi connectivity index (χ1) is 30.0. The highest BCUT2D eigenvalue weighted by molar-refractivity contribution is 6.04. The predicted molar refractivity (Wildman–Crippen MR) is 266 cm³/mol. The summed E-state index contributed by atoms with van der Waals surface area (Å²) in [6.45, 7) is 7.54. The third kappa shape index (κ3) is 29.1. The van der Waals surface area contributed by atoms with Gasteiger partial charge < -0.3 is 0 Å². The zero-order valence-electron chi connectivity index (χ0n) is 42.0. The molecule has 0 aromatic carbocycles. The molecule has 1 heterocycles. The van der Waals surface area contributed by atoms with Gasteiger partial charge in [-0.05, 0) is 58.8 Å². The Labute approximate surface area is 382 Å². The first kappa shape index (κ1) is 56.0. The van der Waals surface area contributed by atoms with Crippen LogP contribution in [0.15, 0.2) is 0 Å². The quantitative estimate of drug-likeness (QED) is 0.0456. The minimum absolute atomic E-state index is 0.0428. The Kier molecular flexibility index (Phi) is 37.1. The van der Waals surface area contributed by atoms with Gasteiger partial charge in [0.2, 0.25) is 0 Å². The first-order valence-corrected chi connectivity index (χ1v) is 28.0. The van der Waals surface area contributed by atoms with E-state index in [-0.39, 0.29) is 23.9 Å². The molecule has 0 aromatic heterocycles. The Balaban J connectivity index is 1.73. The minimum atomic E-state index is -0.298. The number of carbonyl (C=O) groups excluding carboxylic acids is 2. The summed E-state index contributed by atoms with van der Waals surface area (Å²) in [4.78, 5) is 36.8. The van der Waals surface area contributed by atoms with Gasteiger partial charge in [0.05, 0.1) is 13.3 Å². The lowest BCUT2D eigenvalue weighted by Gasteiger charge is -2.32. The van der Waals surface area contributed by atoms with E-state index >= 15 is 0 Å². The molecule has 1 aliphatic heterocycles. The van der Waals surface area contributed by atoms with E-state index in [4.69, 9.17) is 0 Å². The fourth-order valence-electron chi connectivity index (χ4n) is 10.4. The van der Waals surface area contributed by atoms with Crippen molar-refractivity contribution in [3.8, 4) is 0 Å². The molecule has 6 nitrogen and oxygen atoms in total. The molecule has 1 unspecified atom stereocenters. The third-order valence-corrected chi connectivity index (χ3v) is 14.5. The molecule has 2 rings (SSSR count). The van der Waals surface area contributed by atoms with Gasteiger partial charge in [0.25, 0.3) is 5.91 Å². The van der Waals surface area contributed by atoms with Crippen molar-refractivity contribution in [1.82, 2.24) is 19.6 Å². The summed E-state index contributed by atoms with van der Waals surface area (Å²) in [6, 6.07) is -0.341. The van der Waals surface area contributed by atoms with Gasteiger partial charge in [-0.2, -0.15) is 0 Å². The number of rotatable bonds is 39. The molecule has 0 spiro atoms. The predicted octanol–water partition coefficient (Wildman–Crippen LogP) is 16.8. The van der Waals surface area contributed by atoms with Crippen molar-refractivity contribution in [1.29, 1.82) is 0 Å². The van der Waals surface area contributed by atoms with E-state index in [0.29, 0.717) is 13.3 Å². The molecule has 360 valence electrons. The molecule has 0 N–H and O–H groups in total. The molecule has 2 fully saturated rings. The molecule has 61 heavy (non-hydrogen) atoms. The Morgan fingerprint density at radius 3 is 1.00 bits per heavy atom. The van der Waals surface area contributed by atoms with Crippen molar-refractivity contribution >= 4 is 11.9 Å². The number of amides is 3. The Morgan fingerprint density at radius 2 is 0.672 bits per heavy atom. The summed E-state index contributed by atoms with van der Waals surface area (Å²) < 4.78 is 0. The lowest BCUT2D eigenvalue weighted by molar-refractivity contribution is -0.131. The molecule has 3 amide bonds. The summed E-state index contributed by atoms with van der Waals surface area (Å²) >= 11 is 0. The zero-order valence-corrected chi connectivity index (χ0v) is 42.0. The fourth-order valence-corrected chi connectivity index (χ4v) is 10.4. The van der Waals surface area contributed by atoms with Crippen LogP contribution in [-0.4, -0.2) is 78.1 Å². The topological polar surface area (TPSA) is 47.1 Å². The Morgan fingerprint density at radius 1 is 0.393 bits per heavy atom. The molecule has 0 bridgehead atoms. The van der Waals surface area contributed by atoms with Crippen LogP contribution in [0.3, 0.4) is 0 Å². The molecule has 1 aliphatic carbocycles. The monoisotopic (exact) mass is 857 g/mol. The van der Waals surface area contributed by atoms with Gasteiger partial charge in [0.15, 0.2) is 0 Å². The van der Waals surface area contributed by atoms with Crippen molar-refractivity contribution in [3.63, 3.8) is 0 Å². The van der Waals surface area contributed by atoms with Crippen LogP contribution in [0.25, 0.3) is 0 Å². The molecule has 0 radical (unpaired) electrons. The number of hydrogen-bond donors (Lipinski definition) is 0. The molecule has 0 aromatic rings. The van der Waals surface area contributed by atoms with Gasteiger partial charge in [-0.15, -0.1) is 0 Å². The number of hydrogen-bond acceptors (Lipinski definition) is 4. The van der Waals surface area contributed by atoms with E-state index in [2.05, 4.69) is 37.7 Å². The number of unbranched alkanes of at least 4 members (excludes halogenated alkanes) is 30. The van der Waals surface area contributed by atoms with Crippen LogP contribution < -0.4 is 0 Å². The van der Waals surface area contributed by atoms with Gasteiger partial charge in [-0.1, -0.05) is 264 Å². The van der Waals surface area contributed by atoms with Crippen molar-refractivity contribution in [2.24, 2.45) is 5.92 Å². The molecule has 1 atom stereocenters. The maximum atomic E-state index is 14.4. The highest BCUT2D eigenvalue weighted by atomic mass is 16.2. The Bertz CT molecular complexity index is 979. The number of imide groups is 1. The van der Waals surface area contributed by atoms with E-state index in [1.807, 2.05) is 4.90 Å². The lowest BCUT2D eigenvalue weighted by Crippen LogP contribution is -2.46. The molecule has 1 saturated carbocycles. The first-order valence-electron chi connectivity index (χ1n) is 28.0. The molecular weight excluding hydrogens is 749 g/mol. The van der Waals surface area contributed by atoms with Crippen molar-refractivity contribution in [3.05, 3.63) is 0 Å². The second-order valence-electron chi connectivity index (χ2n) is 20.5. The molecule has 6 heteroatoms. The number of urea groups is 1. The fraction of sp³-hybridized carbons (Fsp3) is 0.964. The standard InChI is InChI=1S/C55H108N4O2/c1-5-7-9-11-13-15-17-19-21-23-25-27-32-36-40-44-48-56(3)50-58-53(52-46-42-38-34-30-29-31-35-39-43-47-52)54(60)59(55(58)61)51-57(4)49-45-41-37-33-28-26-24-22-20-18-16-14-12-10-8-6-2/h52-53H,5-51H2,1-4H3. The van der Waals surface area contributed by atoms with Gasteiger partial charge in [0.1, 0.15) is 6.04 Å². The summed E-state index contributed by atoms with van der Waals surface area (Å²) in [5.74, 6) is 0.354. The van der Waals surface area contributed by atoms with Crippen molar-refractivity contribution in [2.45, 2.75) is 296 Å². The average molecular weight is 857 g/mol. The van der Waals surface area contributed by atoms with Crippen LogP contribution >= 0.6 is 0 Å². The van der Waals surface area contributed by atoms with Crippen molar-refractivity contribution in [2.75, 3.05) is 40.5 Å². The van der Waals surface area contributed by atoms with Gasteiger partial charge in [-0.3, -0.25) is 19.5 Å². The highest BCUT2D eigenvalue weighted by Crippen LogP contribution is 2.32. The summed E-state index contributed by atoms with van der Waals surface area (Å²) in [7, 11) is 4.29. The van der Waals surface area contributed by atoms with E-state index in [1.54, 1.807) is 4.90 Å². The highest BCUT2D eigenvalue weighted by Gasteiger charge is 2.48. The molecule has 1 saturated heterocycles. The third-order valence-electron chi connectivity index (χ3n) is 14.5. The minimum Gasteiger partial charge on any atom is -0.299 e. The second kappa shape index (κ2) is 40.4. The van der Waals surface area contributed by atoms with Crippen LogP contribution in [0, 0.1) is 5.92 Å². The lowest BCUT2D eigenvalue weighted by atomic mass is 9.86. The van der Waals surface area contributed by atoms with Gasteiger partial charge in [-0.25, -0.2) is 9.69 Å². The largest absolute Gasteiger partial charge is 0.329 e. The van der Waals surface area contributed by atoms with E-state index < -0.39 is 0 Å². The smallest absolute Gasteiger partial charge is 0.299 e. The summed E-state index contributed by atoms with van der Waals surface area (Å²) in [6.07, 6.45) is 57.8. The normalized spacial score (nSPS) is 17.6. The zero-order chi connectivity index (χ0) is 43.9. The number of carbonyl (C=O) groups is 2. The average Bonchev–Trinajstić information content (AvgIpc) is 3.47. The van der Waals surface area contributed by atoms with E-state index in [9.17, 15) is 9.59 Å².